The molecule has 84 valence electrons. The Hall–Kier alpha value is -1.37. The molecule has 0 radical (unpaired) electrons. The Kier molecular flexibility index (Phi) is 6.35. The van der Waals surface area contributed by atoms with E-state index < -0.39 is 5.97 Å². The fraction of sp³-hybridized carbons (Fsp3) is 0.500. The lowest BCUT2D eigenvalue weighted by molar-refractivity contribution is -0.134. The molecular weight excluding hydrogens is 222 g/mol. The van der Waals surface area contributed by atoms with Gasteiger partial charge in [0.1, 0.15) is 0 Å². The molecule has 0 aromatic heterocycles. The van der Waals surface area contributed by atoms with E-state index in [-0.39, 0.29) is 22.7 Å². The molecule has 0 aliphatic carbocycles. The molecule has 1 aliphatic heterocycles. The van der Waals surface area contributed by atoms with Crippen molar-refractivity contribution in [3.63, 3.8) is 0 Å². The van der Waals surface area contributed by atoms with Gasteiger partial charge >= 0.3 is 5.97 Å². The van der Waals surface area contributed by atoms with Crippen LogP contribution in [0.4, 0.5) is 0 Å². The lowest BCUT2D eigenvalue weighted by Gasteiger charge is -1.85. The molecule has 1 fully saturated rings. The minimum Gasteiger partial charge on any atom is -0.481 e. The largest absolute Gasteiger partial charge is 0.481 e. The normalized spacial score (nSPS) is 13.9. The van der Waals surface area contributed by atoms with Crippen molar-refractivity contribution in [2.75, 3.05) is 5.75 Å². The lowest BCUT2D eigenvalue weighted by Crippen LogP contribution is -2.18. The molecule has 2 amide bonds. The highest BCUT2D eigenvalue weighted by atomic mass is 32.2. The van der Waals surface area contributed by atoms with Gasteiger partial charge in [-0.05, 0) is 0 Å². The van der Waals surface area contributed by atoms with Gasteiger partial charge in [0, 0.05) is 19.8 Å². The molecule has 1 heterocycles. The van der Waals surface area contributed by atoms with E-state index in [9.17, 15) is 19.2 Å². The number of thioether (sulfide) groups is 1. The minimum atomic E-state index is -0.954. The number of carboxylic acids is 1. The van der Waals surface area contributed by atoms with E-state index in [0.717, 1.165) is 11.8 Å². The predicted molar refractivity (Wildman–Crippen MR) is 53.2 cm³/mol. The third-order valence-corrected chi connectivity index (χ3v) is 2.05. The fourth-order valence-electron chi connectivity index (χ4n) is 0.671. The molecule has 0 bridgehead atoms. The summed E-state index contributed by atoms with van der Waals surface area (Å²) in [7, 11) is 0. The summed E-state index contributed by atoms with van der Waals surface area (Å²) in [5.41, 5.74) is 0. The second kappa shape index (κ2) is 6.99. The topological polar surface area (TPSA) is 101 Å². The van der Waals surface area contributed by atoms with Crippen LogP contribution in [0.25, 0.3) is 0 Å². The van der Waals surface area contributed by atoms with Gasteiger partial charge in [0.25, 0.3) is 0 Å². The van der Waals surface area contributed by atoms with Gasteiger partial charge in [0.15, 0.2) is 5.12 Å². The highest BCUT2D eigenvalue weighted by molar-refractivity contribution is 8.14. The zero-order valence-electron chi connectivity index (χ0n) is 8.11. The van der Waals surface area contributed by atoms with Crippen LogP contribution in [0.3, 0.4) is 0 Å². The number of rotatable bonds is 2. The van der Waals surface area contributed by atoms with Crippen molar-refractivity contribution >= 4 is 34.7 Å². The summed E-state index contributed by atoms with van der Waals surface area (Å²) >= 11 is 0.801. The first-order valence-electron chi connectivity index (χ1n) is 4.09. The molecule has 0 spiro atoms. The maximum atomic E-state index is 10.1. The average molecular weight is 233 g/mol. The van der Waals surface area contributed by atoms with Crippen molar-refractivity contribution in [2.45, 2.75) is 19.8 Å². The highest BCUT2D eigenvalue weighted by Gasteiger charge is 2.15. The van der Waals surface area contributed by atoms with Crippen molar-refractivity contribution in [2.24, 2.45) is 0 Å². The number of imide groups is 1. The van der Waals surface area contributed by atoms with E-state index in [1.165, 1.54) is 6.92 Å². The van der Waals surface area contributed by atoms with Crippen molar-refractivity contribution in [1.82, 2.24) is 5.32 Å². The number of amides is 2. The Labute approximate surface area is 90.4 Å². The van der Waals surface area contributed by atoms with Gasteiger partial charge in [0.2, 0.25) is 11.8 Å². The van der Waals surface area contributed by atoms with Gasteiger partial charge < -0.3 is 5.11 Å². The zero-order valence-corrected chi connectivity index (χ0v) is 8.93. The third kappa shape index (κ3) is 8.95. The highest BCUT2D eigenvalue weighted by Crippen LogP contribution is 1.98. The van der Waals surface area contributed by atoms with Gasteiger partial charge in [-0.25, -0.2) is 0 Å². The van der Waals surface area contributed by atoms with Crippen LogP contribution in [0.15, 0.2) is 0 Å². The number of hydrogen-bond acceptors (Lipinski definition) is 5. The Morgan fingerprint density at radius 3 is 1.93 bits per heavy atom. The van der Waals surface area contributed by atoms with E-state index in [0.29, 0.717) is 12.8 Å². The Bertz CT molecular complexity index is 261. The molecule has 0 unspecified atom stereocenters. The van der Waals surface area contributed by atoms with Crippen LogP contribution < -0.4 is 5.32 Å². The molecule has 2 N–H and O–H groups in total. The quantitative estimate of drug-likeness (QED) is 0.639. The number of carboxylic acid groups (broad SMARTS) is 1. The van der Waals surface area contributed by atoms with Crippen molar-refractivity contribution in [3.05, 3.63) is 0 Å². The molecule has 1 rings (SSSR count). The first-order valence-corrected chi connectivity index (χ1v) is 5.08. The summed E-state index contributed by atoms with van der Waals surface area (Å²) in [6.07, 6.45) is 0.748. The maximum Gasteiger partial charge on any atom is 0.313 e. The van der Waals surface area contributed by atoms with E-state index in [4.69, 9.17) is 5.11 Å². The number of aliphatic carboxylic acids is 1. The summed E-state index contributed by atoms with van der Waals surface area (Å²) in [6.45, 7) is 1.34. The van der Waals surface area contributed by atoms with Gasteiger partial charge in [-0.2, -0.15) is 0 Å². The van der Waals surface area contributed by atoms with Crippen LogP contribution in [-0.4, -0.2) is 33.8 Å². The summed E-state index contributed by atoms with van der Waals surface area (Å²) in [4.78, 5) is 40.0. The molecule has 15 heavy (non-hydrogen) atoms. The minimum absolute atomic E-state index is 0.130. The summed E-state index contributed by atoms with van der Waals surface area (Å²) in [5.74, 6) is -1.38. The molecule has 0 atom stereocenters. The van der Waals surface area contributed by atoms with Crippen molar-refractivity contribution in [1.29, 1.82) is 0 Å². The van der Waals surface area contributed by atoms with E-state index >= 15 is 0 Å². The van der Waals surface area contributed by atoms with Crippen LogP contribution in [0.5, 0.6) is 0 Å². The van der Waals surface area contributed by atoms with Crippen LogP contribution in [0, 0.1) is 0 Å². The van der Waals surface area contributed by atoms with Crippen LogP contribution >= 0.6 is 11.8 Å². The SMILES string of the molecule is CC(=O)SCC(=O)O.O=C1CCC(=O)N1. The first-order chi connectivity index (χ1) is 6.91. The van der Waals surface area contributed by atoms with E-state index in [1.807, 2.05) is 0 Å². The summed E-state index contributed by atoms with van der Waals surface area (Å²) in [6, 6.07) is 0. The maximum absolute atomic E-state index is 10.1. The molecule has 7 heteroatoms. The van der Waals surface area contributed by atoms with Crippen LogP contribution in [0.1, 0.15) is 19.8 Å². The lowest BCUT2D eigenvalue weighted by atomic mass is 10.4. The molecular formula is C8H11NO5S. The van der Waals surface area contributed by atoms with Crippen molar-refractivity contribution in [3.8, 4) is 0 Å². The molecule has 6 nitrogen and oxygen atoms in total. The van der Waals surface area contributed by atoms with Gasteiger partial charge in [-0.15, -0.1) is 0 Å². The molecule has 1 saturated heterocycles. The van der Waals surface area contributed by atoms with Crippen molar-refractivity contribution < 1.29 is 24.3 Å². The fourth-order valence-corrected chi connectivity index (χ4v) is 0.998. The van der Waals surface area contributed by atoms with Gasteiger partial charge in [-0.3, -0.25) is 24.5 Å². The average Bonchev–Trinajstić information content (AvgIpc) is 2.47. The van der Waals surface area contributed by atoms with Gasteiger partial charge in [0.05, 0.1) is 5.75 Å². The molecule has 1 aliphatic rings. The van der Waals surface area contributed by atoms with Crippen LogP contribution in [0.2, 0.25) is 0 Å². The smallest absolute Gasteiger partial charge is 0.313 e. The summed E-state index contributed by atoms with van der Waals surface area (Å²) in [5, 5.41) is 9.97. The molecule has 0 aromatic carbocycles. The molecule has 0 aromatic rings. The molecule has 0 saturated carbocycles. The predicted octanol–water partition coefficient (Wildman–Crippen LogP) is -0.226. The number of hydrogen-bond donors (Lipinski definition) is 2. The first kappa shape index (κ1) is 13.6. The van der Waals surface area contributed by atoms with Gasteiger partial charge in [-0.1, -0.05) is 11.8 Å². The Balaban J connectivity index is 0.000000262. The standard InChI is InChI=1S/C4H5NO2.C4H6O3S/c6-3-1-2-4(7)5-3;1-3(5)8-2-4(6)7/h1-2H2,(H,5,6,7);2H2,1H3,(H,6,7). The number of carbonyl (C=O) groups excluding carboxylic acids is 3. The van der Waals surface area contributed by atoms with E-state index in [2.05, 4.69) is 5.32 Å². The van der Waals surface area contributed by atoms with E-state index in [1.54, 1.807) is 0 Å². The Morgan fingerprint density at radius 2 is 1.80 bits per heavy atom. The zero-order chi connectivity index (χ0) is 11.8. The number of carbonyl (C=O) groups is 4. The monoisotopic (exact) mass is 233 g/mol. The summed E-state index contributed by atoms with van der Waals surface area (Å²) < 4.78 is 0. The number of nitrogens with one attached hydrogen (secondary N) is 1. The second-order valence-electron chi connectivity index (χ2n) is 2.65. The van der Waals surface area contributed by atoms with Crippen LogP contribution in [-0.2, 0) is 19.2 Å². The second-order valence-corrected chi connectivity index (χ2v) is 3.80. The third-order valence-electron chi connectivity index (χ3n) is 1.26. The Morgan fingerprint density at radius 1 is 1.33 bits per heavy atom.